The molecule has 3 heterocycles. The van der Waals surface area contributed by atoms with E-state index in [9.17, 15) is 31.5 Å². The van der Waals surface area contributed by atoms with E-state index in [2.05, 4.69) is 135 Å². The van der Waals surface area contributed by atoms with Crippen LogP contribution in [0.4, 0.5) is 5.82 Å². The van der Waals surface area contributed by atoms with Crippen molar-refractivity contribution in [3.8, 4) is 0 Å². The number of hydrogen-bond acceptors (Lipinski definition) is 12. The van der Waals surface area contributed by atoms with Crippen LogP contribution in [-0.4, -0.2) is 73.6 Å². The minimum atomic E-state index is -3.95. The zero-order chi connectivity index (χ0) is 64.8. The molecule has 2 aliphatic carbocycles. The zero-order valence-electron chi connectivity index (χ0n) is 48.8. The van der Waals surface area contributed by atoms with Gasteiger partial charge in [0.25, 0.3) is 20.0 Å². The van der Waals surface area contributed by atoms with E-state index in [4.69, 9.17) is 10.8 Å². The van der Waals surface area contributed by atoms with Crippen molar-refractivity contribution in [3.63, 3.8) is 0 Å². The van der Waals surface area contributed by atoms with Crippen molar-refractivity contribution < 1.29 is 49.4 Å². The Labute approximate surface area is 580 Å². The fraction of sp³-hybridized carbons (Fsp3) is 0.221. The SMILES string of the molecule is Brc1cccc(Br)n1.C.NC1(C(=O)O)CCC1.O=C(O)C1(Nc2cccc(S(=O)(=O)N(Cc3ccccc3)Cc3ccccc3)n2)CCC1.O=S(=O)(c1cccc(Br)n1)N(Cc1ccccc1)Cc1ccccc1.[Cu][I].c1ccc(CNCc2ccccc2)cc1. The number of carboxylic acids is 2. The van der Waals surface area contributed by atoms with Crippen LogP contribution < -0.4 is 16.4 Å². The Morgan fingerprint density at radius 2 is 0.758 bits per heavy atom. The molecule has 0 saturated heterocycles. The molecule has 16 nitrogen and oxygen atoms in total. The van der Waals surface area contributed by atoms with Gasteiger partial charge in [0, 0.05) is 39.3 Å². The number of nitrogens with two attached hydrogens (primary N) is 1. The first-order valence-electron chi connectivity index (χ1n) is 28.3. The molecule has 0 aliphatic heterocycles. The molecule has 11 rings (SSSR count). The second-order valence-electron chi connectivity index (χ2n) is 20.7. The number of nitrogens with zero attached hydrogens (tertiary/aromatic N) is 5. The Morgan fingerprint density at radius 3 is 1.02 bits per heavy atom. The van der Waals surface area contributed by atoms with Gasteiger partial charge in [-0.25, -0.2) is 36.6 Å². The van der Waals surface area contributed by atoms with Crippen molar-refractivity contribution in [3.05, 3.63) is 284 Å². The summed E-state index contributed by atoms with van der Waals surface area (Å²) in [6.07, 6.45) is 4.01. The number of aliphatic carboxylic acids is 2. The first-order valence-corrected chi connectivity index (χ1v) is 36.6. The number of nitrogens with one attached hydrogen (secondary N) is 2. The van der Waals surface area contributed by atoms with Crippen LogP contribution in [0.15, 0.2) is 260 Å². The van der Waals surface area contributed by atoms with Crippen LogP contribution >= 0.6 is 68.1 Å². The molecule has 2 saturated carbocycles. The molecule has 0 atom stereocenters. The van der Waals surface area contributed by atoms with Crippen molar-refractivity contribution in [2.75, 3.05) is 5.32 Å². The standard InChI is InChI=1S/C24H25N3O4S.C19H17BrN2O2S.C14H15N.C5H3Br2N.C5H9NO2.CH4.Cu.HI/c28-23(29)24(15-8-16-24)26-21-13-7-14-22(25-21)32(30,31)27(17-19-9-3-1-4-10-19)18-20-11-5-2-6-12-20;20-18-12-7-13-19(21-18)25(23,24)22(14-16-8-3-1-4-9-16)15-17-10-5-2-6-11-17;1-3-7-13(8-4-1)11-15-12-14-9-5-2-6-10-14;6-4-2-1-3-5(7)8-4;6-5(4(7)8)2-1-3-5;;;/h1-7,9-14H,8,15-18H2,(H,25,26)(H,28,29);1-13H,14-15H2;1-10,15H,11-12H2;1-3H;1-3,6H2,(H,7,8);1H4;;1H/q;;;;;;+1;/p-1. The Morgan fingerprint density at radius 1 is 0.451 bits per heavy atom. The van der Waals surface area contributed by atoms with Gasteiger partial charge in [-0.15, -0.1) is 0 Å². The number of aromatic nitrogens is 3. The second kappa shape index (κ2) is 38.8. The van der Waals surface area contributed by atoms with Gasteiger partial charge in [-0.1, -0.05) is 208 Å². The average Bonchev–Trinajstić information content (AvgIpc) is 0.927. The molecule has 2 aliphatic rings. The summed E-state index contributed by atoms with van der Waals surface area (Å²) < 4.78 is 58.5. The predicted octanol–water partition coefficient (Wildman–Crippen LogP) is 15.2. The third-order valence-corrected chi connectivity index (χ3v) is 18.8. The summed E-state index contributed by atoms with van der Waals surface area (Å²) in [5.41, 5.74) is 9.64. The van der Waals surface area contributed by atoms with E-state index in [0.717, 1.165) is 57.4 Å². The van der Waals surface area contributed by atoms with Gasteiger partial charge < -0.3 is 26.6 Å². The first-order chi connectivity index (χ1) is 43.3. The van der Waals surface area contributed by atoms with E-state index in [-0.39, 0.29) is 49.5 Å². The molecule has 6 aromatic carbocycles. The molecule has 0 radical (unpaired) electrons. The average molecular weight is 1620 g/mol. The normalized spacial score (nSPS) is 13.2. The van der Waals surface area contributed by atoms with Gasteiger partial charge in [0.2, 0.25) is 0 Å². The molecule has 0 bridgehead atoms. The maximum atomic E-state index is 13.6. The Kier molecular flexibility index (Phi) is 32.3. The number of carboxylic acid groups (broad SMARTS) is 2. The number of rotatable bonds is 20. The summed E-state index contributed by atoms with van der Waals surface area (Å²) in [6.45, 7) is 2.80. The summed E-state index contributed by atoms with van der Waals surface area (Å²) >= 11 is 15.6. The number of anilines is 1. The van der Waals surface area contributed by atoms with Crippen LogP contribution in [0.2, 0.25) is 0 Å². The van der Waals surface area contributed by atoms with Crippen LogP contribution in [-0.2, 0) is 81.7 Å². The molecule has 23 heteroatoms. The topological polar surface area (TPSA) is 238 Å². The van der Waals surface area contributed by atoms with Gasteiger partial charge in [-0.3, -0.25) is 4.79 Å². The molecule has 0 amide bonds. The van der Waals surface area contributed by atoms with E-state index in [1.54, 1.807) is 44.6 Å². The van der Waals surface area contributed by atoms with Crippen molar-refractivity contribution in [2.45, 2.75) is 106 Å². The maximum Gasteiger partial charge on any atom is 0.0208 e. The fourth-order valence-electron chi connectivity index (χ4n) is 8.89. The molecular formula is C68H73Br3CuIN8O8S2. The van der Waals surface area contributed by atoms with Gasteiger partial charge in [-0.05, 0) is 156 Å². The van der Waals surface area contributed by atoms with Gasteiger partial charge in [0.1, 0.15) is 30.7 Å². The van der Waals surface area contributed by atoms with E-state index < -0.39 is 43.1 Å². The minimum Gasteiger partial charge on any atom is -0.309 e. The van der Waals surface area contributed by atoms with Crippen molar-refractivity contribution in [2.24, 2.45) is 5.73 Å². The van der Waals surface area contributed by atoms with Crippen molar-refractivity contribution in [1.29, 1.82) is 0 Å². The van der Waals surface area contributed by atoms with Crippen molar-refractivity contribution >= 4 is 106 Å². The number of sulfonamides is 2. The summed E-state index contributed by atoms with van der Waals surface area (Å²) in [7, 11) is -7.68. The second-order valence-corrected chi connectivity index (χ2v) is 26.9. The van der Waals surface area contributed by atoms with Gasteiger partial charge in [0.15, 0.2) is 10.1 Å². The monoisotopic (exact) mass is 1620 g/mol. The molecule has 9 aromatic rings. The number of pyridine rings is 3. The molecule has 91 heavy (non-hydrogen) atoms. The van der Waals surface area contributed by atoms with Crippen molar-refractivity contribution in [1.82, 2.24) is 28.9 Å². The van der Waals surface area contributed by atoms with Gasteiger partial charge in [0.05, 0.1) is 0 Å². The van der Waals surface area contributed by atoms with Crippen LogP contribution in [0.5, 0.6) is 0 Å². The fourth-order valence-corrected chi connectivity index (χ4v) is 13.0. The van der Waals surface area contributed by atoms with E-state index >= 15 is 0 Å². The summed E-state index contributed by atoms with van der Waals surface area (Å²) in [4.78, 5) is 34.3. The van der Waals surface area contributed by atoms with E-state index in [0.29, 0.717) is 30.3 Å². The summed E-state index contributed by atoms with van der Waals surface area (Å²) in [6, 6.07) is 74.0. The summed E-state index contributed by atoms with van der Waals surface area (Å²) in [5.74, 6) is -1.56. The number of benzene rings is 6. The molecule has 484 valence electrons. The maximum absolute atomic E-state index is 13.6. The van der Waals surface area contributed by atoms with Gasteiger partial charge in [-0.2, -0.15) is 8.61 Å². The molecule has 3 aromatic heterocycles. The zero-order valence-corrected chi connectivity index (χ0v) is 58.3. The Bertz CT molecular complexity index is 3710. The van der Waals surface area contributed by atoms with Gasteiger partial charge >= 0.3 is 45.0 Å². The van der Waals surface area contributed by atoms with Crippen LogP contribution in [0.25, 0.3) is 0 Å². The van der Waals surface area contributed by atoms with Crippen LogP contribution in [0.3, 0.4) is 0 Å². The number of halogens is 4. The Balaban J connectivity index is 0.000000224. The smallest absolute Gasteiger partial charge is 0.0208 e. The summed E-state index contributed by atoms with van der Waals surface area (Å²) in [5, 5.41) is 24.2. The largest absolute Gasteiger partial charge is 0.309 e. The predicted molar refractivity (Wildman–Crippen MR) is 375 cm³/mol. The molecular weight excluding hydrogens is 1550 g/mol. The van der Waals surface area contributed by atoms with E-state index in [1.807, 2.05) is 152 Å². The molecule has 2 fully saturated rings. The number of hydrogen-bond donors (Lipinski definition) is 5. The first kappa shape index (κ1) is 75.7. The van der Waals surface area contributed by atoms with Crippen LogP contribution in [0, 0.1) is 0 Å². The Hall–Kier alpha value is -6.06. The molecule has 0 unspecified atom stereocenters. The quantitative estimate of drug-likeness (QED) is 0.0271. The van der Waals surface area contributed by atoms with Crippen LogP contribution in [0.1, 0.15) is 79.3 Å². The molecule has 0 spiro atoms. The number of carbonyl (C=O) groups is 2. The third-order valence-electron chi connectivity index (χ3n) is 14.1. The molecule has 6 N–H and O–H groups in total. The minimum absolute atomic E-state index is 0. The third kappa shape index (κ3) is 24.7. The van der Waals surface area contributed by atoms with E-state index in [1.165, 1.54) is 31.9 Å².